The highest BCUT2D eigenvalue weighted by Crippen LogP contribution is 2.25. The van der Waals surface area contributed by atoms with Gasteiger partial charge in [0.05, 0.1) is 5.69 Å². The number of nitrogens with zero attached hydrogens (tertiary/aromatic N) is 4. The Morgan fingerprint density at radius 1 is 1.12 bits per heavy atom. The molecule has 3 aromatic rings. The number of fused-ring (bicyclic) bond motifs is 1. The molecule has 0 fully saturated rings. The van der Waals surface area contributed by atoms with Crippen LogP contribution in [0.1, 0.15) is 34.0 Å². The van der Waals surface area contributed by atoms with E-state index in [1.54, 1.807) is 6.08 Å². The molecule has 0 aliphatic rings. The molecule has 0 aromatic carbocycles. The molecule has 0 atom stereocenters. The Labute approximate surface area is 152 Å². The fraction of sp³-hybridized carbons (Fsp3) is 0.250. The third-order valence-electron chi connectivity index (χ3n) is 4.07. The number of hydrogen-bond donors (Lipinski definition) is 0. The Bertz CT molecular complexity index is 949. The summed E-state index contributed by atoms with van der Waals surface area (Å²) in [5.41, 5.74) is 5.89. The molecule has 0 bridgehead atoms. The van der Waals surface area contributed by atoms with Crippen molar-refractivity contribution in [1.29, 1.82) is 0 Å². The van der Waals surface area contributed by atoms with E-state index in [0.29, 0.717) is 18.0 Å². The third kappa shape index (κ3) is 3.64. The number of aryl methyl sites for hydroxylation is 5. The third-order valence-corrected chi connectivity index (χ3v) is 4.47. The van der Waals surface area contributed by atoms with E-state index < -0.39 is 0 Å². The average Bonchev–Trinajstić information content (AvgIpc) is 2.87. The first-order valence-corrected chi connectivity index (χ1v) is 8.63. The topological polar surface area (TPSA) is 43.1 Å². The largest absolute Gasteiger partial charge is 0.290 e. The van der Waals surface area contributed by atoms with Crippen LogP contribution in [0.4, 0.5) is 0 Å². The van der Waals surface area contributed by atoms with E-state index in [-0.39, 0.29) is 0 Å². The van der Waals surface area contributed by atoms with Crippen molar-refractivity contribution in [2.45, 2.75) is 33.6 Å². The molecule has 25 heavy (non-hydrogen) atoms. The first-order valence-electron chi connectivity index (χ1n) is 8.26. The van der Waals surface area contributed by atoms with Gasteiger partial charge in [-0.15, -0.1) is 0 Å². The molecule has 0 amide bonds. The van der Waals surface area contributed by atoms with Crippen LogP contribution in [-0.2, 0) is 12.8 Å². The summed E-state index contributed by atoms with van der Waals surface area (Å²) in [5, 5.41) is 0.646. The summed E-state index contributed by atoms with van der Waals surface area (Å²) in [4.78, 5) is 13.8. The molecule has 0 saturated carbocycles. The van der Waals surface area contributed by atoms with Crippen molar-refractivity contribution in [3.8, 4) is 0 Å². The number of hydrogen-bond acceptors (Lipinski definition) is 3. The molecule has 0 N–H and O–H groups in total. The van der Waals surface area contributed by atoms with Gasteiger partial charge < -0.3 is 0 Å². The van der Waals surface area contributed by atoms with Crippen LogP contribution in [0.15, 0.2) is 37.1 Å². The Hall–Kier alpha value is -2.46. The number of halogens is 1. The van der Waals surface area contributed by atoms with Gasteiger partial charge in [0.1, 0.15) is 16.6 Å². The van der Waals surface area contributed by atoms with Crippen molar-refractivity contribution < 1.29 is 0 Å². The summed E-state index contributed by atoms with van der Waals surface area (Å²) in [7, 11) is 0. The fourth-order valence-electron chi connectivity index (χ4n) is 2.91. The maximum absolute atomic E-state index is 6.56. The normalized spacial score (nSPS) is 11.5. The minimum atomic E-state index is 0.646. The maximum atomic E-state index is 6.56. The van der Waals surface area contributed by atoms with Crippen molar-refractivity contribution in [2.24, 2.45) is 0 Å². The Balaban J connectivity index is 1.95. The smallest absolute Gasteiger partial charge is 0.145 e. The van der Waals surface area contributed by atoms with Crippen molar-refractivity contribution >= 4 is 23.3 Å². The van der Waals surface area contributed by atoms with Gasteiger partial charge in [0, 0.05) is 29.6 Å². The minimum absolute atomic E-state index is 0.646. The minimum Gasteiger partial charge on any atom is -0.290 e. The summed E-state index contributed by atoms with van der Waals surface area (Å²) in [5.74, 6) is 0.827. The molecule has 0 aliphatic heterocycles. The van der Waals surface area contributed by atoms with Crippen LogP contribution >= 0.6 is 11.6 Å². The SMILES string of the molecule is C=C/C=C\c1c(C)ccn2c(Cl)c(CCc3nc(C)cc(C)n3)nc12. The van der Waals surface area contributed by atoms with Crippen molar-refractivity contribution in [2.75, 3.05) is 0 Å². The highest BCUT2D eigenvalue weighted by atomic mass is 35.5. The first kappa shape index (κ1) is 17.4. The molecule has 4 nitrogen and oxygen atoms in total. The van der Waals surface area contributed by atoms with Crippen LogP contribution < -0.4 is 0 Å². The number of aromatic nitrogens is 4. The Morgan fingerprint density at radius 2 is 1.84 bits per heavy atom. The van der Waals surface area contributed by atoms with E-state index >= 15 is 0 Å². The van der Waals surface area contributed by atoms with Gasteiger partial charge in [-0.2, -0.15) is 0 Å². The van der Waals surface area contributed by atoms with Gasteiger partial charge in [0.15, 0.2) is 0 Å². The van der Waals surface area contributed by atoms with E-state index in [9.17, 15) is 0 Å². The maximum Gasteiger partial charge on any atom is 0.145 e. The molecule has 128 valence electrons. The van der Waals surface area contributed by atoms with E-state index in [1.165, 1.54) is 0 Å². The van der Waals surface area contributed by atoms with Gasteiger partial charge in [-0.25, -0.2) is 15.0 Å². The second-order valence-corrected chi connectivity index (χ2v) is 6.48. The van der Waals surface area contributed by atoms with Crippen molar-refractivity contribution in [1.82, 2.24) is 19.4 Å². The fourth-order valence-corrected chi connectivity index (χ4v) is 3.18. The van der Waals surface area contributed by atoms with E-state index in [2.05, 4.69) is 23.5 Å². The van der Waals surface area contributed by atoms with Crippen LogP contribution in [0.2, 0.25) is 5.15 Å². The standard InChI is InChI=1S/C20H21ClN4/c1-5-6-7-16-13(2)10-11-25-19(21)17(24-20(16)25)8-9-18-22-14(3)12-15(4)23-18/h5-7,10-12H,1,8-9H2,2-4H3/b7-6-. The average molecular weight is 353 g/mol. The Kier molecular flexibility index (Phi) is 5.00. The predicted octanol–water partition coefficient (Wildman–Crippen LogP) is 4.69. The summed E-state index contributed by atoms with van der Waals surface area (Å²) in [6.07, 6.45) is 9.05. The van der Waals surface area contributed by atoms with Gasteiger partial charge in [-0.3, -0.25) is 4.40 Å². The molecular formula is C20H21ClN4. The summed E-state index contributed by atoms with van der Waals surface area (Å²) >= 11 is 6.56. The zero-order valence-electron chi connectivity index (χ0n) is 14.8. The highest BCUT2D eigenvalue weighted by Gasteiger charge is 2.14. The van der Waals surface area contributed by atoms with Crippen molar-refractivity contribution in [3.05, 3.63) is 76.2 Å². The van der Waals surface area contributed by atoms with Gasteiger partial charge in [0.2, 0.25) is 0 Å². The number of rotatable bonds is 5. The Morgan fingerprint density at radius 3 is 2.52 bits per heavy atom. The molecule has 3 heterocycles. The molecule has 3 aromatic heterocycles. The summed E-state index contributed by atoms with van der Waals surface area (Å²) in [6.45, 7) is 9.76. The zero-order chi connectivity index (χ0) is 18.0. The lowest BCUT2D eigenvalue weighted by molar-refractivity contribution is 0.822. The van der Waals surface area contributed by atoms with Gasteiger partial charge in [-0.05, 0) is 44.9 Å². The number of imidazole rings is 1. The lowest BCUT2D eigenvalue weighted by atomic mass is 10.1. The van der Waals surface area contributed by atoms with Crippen molar-refractivity contribution in [3.63, 3.8) is 0 Å². The molecule has 0 saturated heterocycles. The lowest BCUT2D eigenvalue weighted by Gasteiger charge is -2.03. The van der Waals surface area contributed by atoms with E-state index in [4.69, 9.17) is 16.6 Å². The quantitative estimate of drug-likeness (QED) is 0.626. The van der Waals surface area contributed by atoms with E-state index in [0.717, 1.165) is 39.7 Å². The lowest BCUT2D eigenvalue weighted by Crippen LogP contribution is -2.01. The van der Waals surface area contributed by atoms with Crippen LogP contribution in [0.3, 0.4) is 0 Å². The second-order valence-electron chi connectivity index (χ2n) is 6.12. The monoisotopic (exact) mass is 352 g/mol. The van der Waals surface area contributed by atoms with Crippen LogP contribution in [0.25, 0.3) is 11.7 Å². The van der Waals surface area contributed by atoms with Crippen LogP contribution in [0.5, 0.6) is 0 Å². The molecule has 0 spiro atoms. The van der Waals surface area contributed by atoms with Gasteiger partial charge in [-0.1, -0.05) is 36.4 Å². The number of allylic oxidation sites excluding steroid dienone is 2. The second kappa shape index (κ2) is 7.19. The highest BCUT2D eigenvalue weighted by molar-refractivity contribution is 6.30. The molecule has 0 aliphatic carbocycles. The molecule has 3 rings (SSSR count). The molecule has 0 unspecified atom stereocenters. The summed E-state index contributed by atoms with van der Waals surface area (Å²) < 4.78 is 1.93. The number of pyridine rings is 1. The molecule has 5 heteroatoms. The molecule has 0 radical (unpaired) electrons. The zero-order valence-corrected chi connectivity index (χ0v) is 15.5. The van der Waals surface area contributed by atoms with Crippen LogP contribution in [0, 0.1) is 20.8 Å². The molecular weight excluding hydrogens is 332 g/mol. The summed E-state index contributed by atoms with van der Waals surface area (Å²) in [6, 6.07) is 4.02. The van der Waals surface area contributed by atoms with Crippen LogP contribution in [-0.4, -0.2) is 19.4 Å². The van der Waals surface area contributed by atoms with E-state index in [1.807, 2.05) is 48.7 Å². The predicted molar refractivity (Wildman–Crippen MR) is 103 cm³/mol. The first-order chi connectivity index (χ1) is 12.0. The van der Waals surface area contributed by atoms with Gasteiger partial charge >= 0.3 is 0 Å². The van der Waals surface area contributed by atoms with Gasteiger partial charge in [0.25, 0.3) is 0 Å².